The molecular formula is C23H33F3N2O3SSi. The number of benzene rings is 1. The number of thioether (sulfide) groups is 1. The molecule has 5 nitrogen and oxygen atoms in total. The highest BCUT2D eigenvalue weighted by Crippen LogP contribution is 2.59. The van der Waals surface area contributed by atoms with Crippen molar-refractivity contribution in [2.75, 3.05) is 20.0 Å². The van der Waals surface area contributed by atoms with Crippen molar-refractivity contribution in [3.05, 3.63) is 35.4 Å². The topological polar surface area (TPSA) is 51.1 Å². The number of aliphatic imine (C=N–C) groups is 1. The average Bonchev–Trinajstić information content (AvgIpc) is 3.47. The van der Waals surface area contributed by atoms with Crippen LogP contribution in [0.5, 0.6) is 0 Å². The second-order valence-electron chi connectivity index (χ2n) is 10.8. The van der Waals surface area contributed by atoms with Crippen molar-refractivity contribution in [3.63, 3.8) is 0 Å². The number of hydrogen-bond acceptors (Lipinski definition) is 5. The lowest BCUT2D eigenvalue weighted by atomic mass is 9.86. The van der Waals surface area contributed by atoms with E-state index >= 15 is 0 Å². The molecule has 33 heavy (non-hydrogen) atoms. The Labute approximate surface area is 199 Å². The van der Waals surface area contributed by atoms with Gasteiger partial charge in [-0.25, -0.2) is 27.9 Å². The van der Waals surface area contributed by atoms with Gasteiger partial charge in [-0.2, -0.15) is 0 Å². The predicted octanol–water partition coefficient (Wildman–Crippen LogP) is 6.17. The number of ether oxygens (including phenoxy) is 2. The maximum absolute atomic E-state index is 14.7. The number of fused-ring (bicyclic) bond motifs is 1. The molecule has 1 aliphatic heterocycles. The van der Waals surface area contributed by atoms with Crippen LogP contribution in [0.25, 0.3) is 0 Å². The molecular weight excluding hydrogens is 469 g/mol. The Morgan fingerprint density at radius 2 is 2.00 bits per heavy atom. The molecule has 1 fully saturated rings. The van der Waals surface area contributed by atoms with E-state index < -0.39 is 43.6 Å². The van der Waals surface area contributed by atoms with Gasteiger partial charge in [-0.3, -0.25) is 0 Å². The van der Waals surface area contributed by atoms with Crippen LogP contribution in [0.1, 0.15) is 32.8 Å². The molecule has 3 rings (SSSR count). The first kappa shape index (κ1) is 26.1. The van der Waals surface area contributed by atoms with Crippen LogP contribution in [0.15, 0.2) is 23.2 Å². The van der Waals surface area contributed by atoms with Gasteiger partial charge in [0.1, 0.15) is 24.5 Å². The zero-order valence-electron chi connectivity index (χ0n) is 20.1. The lowest BCUT2D eigenvalue weighted by Crippen LogP contribution is -2.45. The highest BCUT2D eigenvalue weighted by Gasteiger charge is 2.59. The normalized spacial score (nSPS) is 24.7. The monoisotopic (exact) mass is 502 g/mol. The predicted molar refractivity (Wildman–Crippen MR) is 128 cm³/mol. The summed E-state index contributed by atoms with van der Waals surface area (Å²) in [6, 6.07) is 4.62. The Morgan fingerprint density at radius 1 is 1.30 bits per heavy atom. The van der Waals surface area contributed by atoms with Crippen molar-refractivity contribution >= 4 is 31.1 Å². The van der Waals surface area contributed by atoms with Crippen molar-refractivity contribution in [2.45, 2.75) is 69.3 Å². The van der Waals surface area contributed by atoms with Crippen molar-refractivity contribution < 1.29 is 27.4 Å². The van der Waals surface area contributed by atoms with Crippen LogP contribution in [0.3, 0.4) is 0 Å². The van der Waals surface area contributed by atoms with E-state index in [2.05, 4.69) is 24.6 Å². The number of halogens is 3. The molecule has 3 atom stereocenters. The molecule has 0 aromatic heterocycles. The van der Waals surface area contributed by atoms with E-state index in [1.54, 1.807) is 20.8 Å². The van der Waals surface area contributed by atoms with Gasteiger partial charge in [0.15, 0.2) is 16.8 Å². The molecule has 0 saturated heterocycles. The fourth-order valence-corrected chi connectivity index (χ4v) is 5.87. The summed E-state index contributed by atoms with van der Waals surface area (Å²) in [5, 5.41) is 0.153. The third-order valence-corrected chi connectivity index (χ3v) is 8.63. The molecule has 1 aromatic rings. The molecule has 0 N–H and O–H groups in total. The summed E-state index contributed by atoms with van der Waals surface area (Å²) in [6.45, 7) is 11.2. The van der Waals surface area contributed by atoms with E-state index in [4.69, 9.17) is 9.47 Å². The van der Waals surface area contributed by atoms with Crippen molar-refractivity contribution in [1.82, 2.24) is 4.90 Å². The van der Waals surface area contributed by atoms with Crippen molar-refractivity contribution in [1.29, 1.82) is 0 Å². The molecule has 0 bridgehead atoms. The quantitative estimate of drug-likeness (QED) is 0.254. The summed E-state index contributed by atoms with van der Waals surface area (Å²) in [5.74, 6) is -2.43. The number of amidine groups is 1. The van der Waals surface area contributed by atoms with Gasteiger partial charge in [0, 0.05) is 31.4 Å². The smallest absolute Gasteiger partial charge is 0.418 e. The number of nitrogens with zero attached hydrogens (tertiary/aromatic N) is 2. The van der Waals surface area contributed by atoms with E-state index in [-0.39, 0.29) is 28.6 Å². The maximum atomic E-state index is 14.7. The molecule has 1 unspecified atom stereocenters. The first-order valence-electron chi connectivity index (χ1n) is 11.1. The number of carbonyl (C=O) groups excluding carboxylic acids is 1. The Morgan fingerprint density at radius 3 is 2.61 bits per heavy atom. The highest BCUT2D eigenvalue weighted by atomic mass is 32.2. The van der Waals surface area contributed by atoms with Gasteiger partial charge in [0.05, 0.1) is 0 Å². The van der Waals surface area contributed by atoms with E-state index in [0.29, 0.717) is 13.0 Å². The zero-order valence-corrected chi connectivity index (χ0v) is 21.9. The number of carbonyl (C=O) groups is 1. The molecule has 1 heterocycles. The summed E-state index contributed by atoms with van der Waals surface area (Å²) < 4.78 is 54.7. The van der Waals surface area contributed by atoms with Gasteiger partial charge in [-0.05, 0) is 39.3 Å². The van der Waals surface area contributed by atoms with Gasteiger partial charge in [0.2, 0.25) is 0 Å². The molecule has 2 aliphatic rings. The van der Waals surface area contributed by atoms with Crippen LogP contribution in [0.2, 0.25) is 25.7 Å². The van der Waals surface area contributed by atoms with E-state index in [9.17, 15) is 18.0 Å². The van der Waals surface area contributed by atoms with Gasteiger partial charge >= 0.3 is 6.09 Å². The second-order valence-corrected chi connectivity index (χ2v) is 17.6. The van der Waals surface area contributed by atoms with Crippen LogP contribution in [0.4, 0.5) is 18.0 Å². The first-order valence-corrected chi connectivity index (χ1v) is 15.7. The third-order valence-electron chi connectivity index (χ3n) is 5.58. The number of rotatable bonds is 7. The Kier molecular flexibility index (Phi) is 7.60. The zero-order chi connectivity index (χ0) is 24.6. The van der Waals surface area contributed by atoms with Crippen molar-refractivity contribution in [3.8, 4) is 0 Å². The first-order chi connectivity index (χ1) is 15.3. The van der Waals surface area contributed by atoms with E-state index in [1.165, 1.54) is 28.8 Å². The van der Waals surface area contributed by atoms with Crippen LogP contribution in [-0.4, -0.2) is 55.1 Å². The Hall–Kier alpha value is -1.52. The van der Waals surface area contributed by atoms with Gasteiger partial charge < -0.3 is 9.47 Å². The lowest BCUT2D eigenvalue weighted by molar-refractivity contribution is 0.0109. The van der Waals surface area contributed by atoms with Gasteiger partial charge in [-0.1, -0.05) is 43.5 Å². The van der Waals surface area contributed by atoms with Gasteiger partial charge in [0.25, 0.3) is 0 Å². The summed E-state index contributed by atoms with van der Waals surface area (Å²) >= 11 is 1.33. The SMILES string of the molecule is CC(C)(C)OC(=O)N(COCC[Si](C)(C)C)C1=N[C@](CF)(c2cccc(F)c2F)[C@@H]2CC2S1. The molecule has 10 heteroatoms. The summed E-state index contributed by atoms with van der Waals surface area (Å²) in [5.41, 5.74) is -2.48. The summed E-state index contributed by atoms with van der Waals surface area (Å²) in [6.07, 6.45) is -0.0794. The highest BCUT2D eigenvalue weighted by molar-refractivity contribution is 8.14. The molecule has 1 aromatic carbocycles. The van der Waals surface area contributed by atoms with Crippen LogP contribution in [-0.2, 0) is 15.0 Å². The van der Waals surface area contributed by atoms with Gasteiger partial charge in [-0.15, -0.1) is 0 Å². The van der Waals surface area contributed by atoms with Crippen LogP contribution < -0.4 is 0 Å². The molecule has 1 aliphatic carbocycles. The molecule has 1 amide bonds. The average molecular weight is 503 g/mol. The lowest BCUT2D eigenvalue weighted by Gasteiger charge is -2.35. The largest absolute Gasteiger partial charge is 0.443 e. The van der Waals surface area contributed by atoms with E-state index in [0.717, 1.165) is 12.1 Å². The second kappa shape index (κ2) is 9.62. The fourth-order valence-electron chi connectivity index (χ4n) is 3.68. The minimum absolute atomic E-state index is 0.0529. The molecule has 1 saturated carbocycles. The molecule has 0 spiro atoms. The number of hydrogen-bond donors (Lipinski definition) is 0. The van der Waals surface area contributed by atoms with E-state index in [1.807, 2.05) is 0 Å². The van der Waals surface area contributed by atoms with Crippen LogP contribution in [0, 0.1) is 17.6 Å². The third kappa shape index (κ3) is 6.13. The summed E-state index contributed by atoms with van der Waals surface area (Å²) in [7, 11) is -1.35. The number of amides is 1. The summed E-state index contributed by atoms with van der Waals surface area (Å²) in [4.78, 5) is 18.8. The minimum Gasteiger partial charge on any atom is -0.443 e. The Bertz CT molecular complexity index is 919. The standard InChI is InChI=1S/C23H33F3N2O3SSi/c1-22(2,3)31-21(29)28(14-30-10-11-33(4,5)6)20-27-23(13-24,16-12-18(16)32-20)15-8-7-9-17(25)19(15)26/h7-9,16,18H,10-14H2,1-6H3/t16-,18?,23-/m1/s1. The molecule has 0 radical (unpaired) electrons. The minimum atomic E-state index is -1.59. The maximum Gasteiger partial charge on any atom is 0.418 e. The Balaban J connectivity index is 1.95. The number of alkyl halides is 1. The van der Waals surface area contributed by atoms with Crippen LogP contribution >= 0.6 is 11.8 Å². The van der Waals surface area contributed by atoms with Crippen molar-refractivity contribution in [2.24, 2.45) is 10.9 Å². The fraction of sp³-hybridized carbons (Fsp3) is 0.652. The molecule has 184 valence electrons.